The molecule has 1 atom stereocenters. The molecule has 1 N–H and O–H groups in total. The van der Waals surface area contributed by atoms with Crippen LogP contribution in [-0.4, -0.2) is 37.6 Å². The van der Waals surface area contributed by atoms with Crippen molar-refractivity contribution in [1.29, 1.82) is 0 Å². The van der Waals surface area contributed by atoms with Crippen LogP contribution in [0, 0.1) is 11.8 Å². The van der Waals surface area contributed by atoms with Crippen LogP contribution in [0.5, 0.6) is 0 Å². The number of nitrogens with zero attached hydrogens (tertiary/aromatic N) is 1. The second-order valence-electron chi connectivity index (χ2n) is 6.18. The molecule has 1 unspecified atom stereocenters. The van der Waals surface area contributed by atoms with Crippen molar-refractivity contribution in [3.8, 4) is 0 Å². The van der Waals surface area contributed by atoms with Crippen molar-refractivity contribution in [3.63, 3.8) is 0 Å². The van der Waals surface area contributed by atoms with Crippen LogP contribution in [0.3, 0.4) is 0 Å². The maximum Gasteiger partial charge on any atom is 0.0186 e. The van der Waals surface area contributed by atoms with Crippen molar-refractivity contribution >= 4 is 0 Å². The van der Waals surface area contributed by atoms with Gasteiger partial charge in [0, 0.05) is 18.6 Å². The van der Waals surface area contributed by atoms with Gasteiger partial charge in [-0.05, 0) is 45.7 Å². The quantitative estimate of drug-likeness (QED) is 0.687. The zero-order valence-electron chi connectivity index (χ0n) is 12.4. The summed E-state index contributed by atoms with van der Waals surface area (Å²) >= 11 is 0. The number of hydrogen-bond acceptors (Lipinski definition) is 2. The fraction of sp³-hybridized carbons (Fsp3) is 1.00. The first-order valence-electron chi connectivity index (χ1n) is 6.72. The molecule has 16 heavy (non-hydrogen) atoms. The molecule has 0 rings (SSSR count). The Balaban J connectivity index is 4.00. The Bertz CT molecular complexity index is 154. The highest BCUT2D eigenvalue weighted by molar-refractivity contribution is 4.73. The van der Waals surface area contributed by atoms with Crippen LogP contribution >= 0.6 is 0 Å². The first-order valence-corrected chi connectivity index (χ1v) is 6.72. The Hall–Kier alpha value is -0.0800. The van der Waals surface area contributed by atoms with Gasteiger partial charge in [-0.3, -0.25) is 0 Å². The van der Waals surface area contributed by atoms with Crippen molar-refractivity contribution in [3.05, 3.63) is 0 Å². The first-order chi connectivity index (χ1) is 7.32. The van der Waals surface area contributed by atoms with Gasteiger partial charge in [-0.25, -0.2) is 0 Å². The molecule has 0 saturated heterocycles. The van der Waals surface area contributed by atoms with Gasteiger partial charge in [0.15, 0.2) is 0 Å². The van der Waals surface area contributed by atoms with Crippen LogP contribution in [0.2, 0.25) is 0 Å². The number of nitrogens with one attached hydrogen (secondary N) is 1. The predicted molar refractivity (Wildman–Crippen MR) is 73.8 cm³/mol. The maximum atomic E-state index is 3.72. The third kappa shape index (κ3) is 8.12. The Morgan fingerprint density at radius 2 is 1.31 bits per heavy atom. The van der Waals surface area contributed by atoms with Crippen LogP contribution in [0.1, 0.15) is 47.5 Å². The van der Waals surface area contributed by atoms with Crippen LogP contribution in [0.25, 0.3) is 0 Å². The molecule has 0 spiro atoms. The van der Waals surface area contributed by atoms with Gasteiger partial charge in [0.2, 0.25) is 0 Å². The maximum absolute atomic E-state index is 3.72. The monoisotopic (exact) mass is 228 g/mol. The van der Waals surface area contributed by atoms with Gasteiger partial charge in [-0.2, -0.15) is 0 Å². The highest BCUT2D eigenvalue weighted by Crippen LogP contribution is 2.13. The number of rotatable bonds is 8. The van der Waals surface area contributed by atoms with Gasteiger partial charge in [-0.1, -0.05) is 27.7 Å². The zero-order chi connectivity index (χ0) is 12.7. The minimum atomic E-state index is 0.613. The molecule has 0 aliphatic carbocycles. The molecule has 2 heteroatoms. The molecule has 0 heterocycles. The lowest BCUT2D eigenvalue weighted by molar-refractivity contribution is 0.274. The van der Waals surface area contributed by atoms with E-state index < -0.39 is 0 Å². The molecular formula is C14H32N2. The Morgan fingerprint density at radius 3 is 1.62 bits per heavy atom. The Kier molecular flexibility index (Phi) is 8.04. The molecule has 0 aliphatic rings. The highest BCUT2D eigenvalue weighted by Gasteiger charge is 2.14. The van der Waals surface area contributed by atoms with Gasteiger partial charge < -0.3 is 10.2 Å². The Labute approximate surface area is 103 Å². The molecule has 0 fully saturated rings. The van der Waals surface area contributed by atoms with Gasteiger partial charge in [-0.15, -0.1) is 0 Å². The molecule has 0 aromatic rings. The van der Waals surface area contributed by atoms with Crippen LogP contribution in [-0.2, 0) is 0 Å². The van der Waals surface area contributed by atoms with E-state index in [-0.39, 0.29) is 0 Å². The lowest BCUT2D eigenvalue weighted by Crippen LogP contribution is -2.41. The van der Waals surface area contributed by atoms with E-state index in [4.69, 9.17) is 0 Å². The second-order valence-corrected chi connectivity index (χ2v) is 6.18. The standard InChI is InChI=1S/C14H32N2/c1-11(2)8-14(9-12(3)4)15-10-13(5)16(6)7/h11-15H,8-10H2,1-7H3. The molecule has 0 radical (unpaired) electrons. The molecule has 2 nitrogen and oxygen atoms in total. The zero-order valence-corrected chi connectivity index (χ0v) is 12.4. The van der Waals surface area contributed by atoms with Crippen LogP contribution in [0.4, 0.5) is 0 Å². The average Bonchev–Trinajstić information content (AvgIpc) is 2.11. The summed E-state index contributed by atoms with van der Waals surface area (Å²) in [6.45, 7) is 12.6. The summed E-state index contributed by atoms with van der Waals surface area (Å²) in [7, 11) is 4.29. The minimum Gasteiger partial charge on any atom is -0.312 e. The molecule has 98 valence electrons. The number of likely N-dealkylation sites (N-methyl/N-ethyl adjacent to an activating group) is 1. The molecular weight excluding hydrogens is 196 g/mol. The summed E-state index contributed by atoms with van der Waals surface area (Å²) < 4.78 is 0. The summed E-state index contributed by atoms with van der Waals surface area (Å²) in [5.41, 5.74) is 0. The van der Waals surface area contributed by atoms with E-state index in [2.05, 4.69) is 58.9 Å². The van der Waals surface area contributed by atoms with E-state index in [1.54, 1.807) is 0 Å². The number of hydrogen-bond donors (Lipinski definition) is 1. The van der Waals surface area contributed by atoms with Gasteiger partial charge in [0.05, 0.1) is 0 Å². The van der Waals surface area contributed by atoms with E-state index in [0.717, 1.165) is 18.4 Å². The highest BCUT2D eigenvalue weighted by atomic mass is 15.1. The lowest BCUT2D eigenvalue weighted by Gasteiger charge is -2.26. The fourth-order valence-corrected chi connectivity index (χ4v) is 1.92. The summed E-state index contributed by atoms with van der Waals surface area (Å²) in [5.74, 6) is 1.57. The van der Waals surface area contributed by atoms with Crippen LogP contribution < -0.4 is 5.32 Å². The molecule has 0 aromatic heterocycles. The normalized spacial score (nSPS) is 14.4. The van der Waals surface area contributed by atoms with Crippen molar-refractivity contribution in [2.75, 3.05) is 20.6 Å². The van der Waals surface area contributed by atoms with Crippen molar-refractivity contribution in [2.45, 2.75) is 59.5 Å². The minimum absolute atomic E-state index is 0.613. The van der Waals surface area contributed by atoms with E-state index in [9.17, 15) is 0 Å². The summed E-state index contributed by atoms with van der Waals surface area (Å²) in [5, 5.41) is 3.72. The predicted octanol–water partition coefficient (Wildman–Crippen LogP) is 2.99. The van der Waals surface area contributed by atoms with Gasteiger partial charge >= 0.3 is 0 Å². The van der Waals surface area contributed by atoms with Gasteiger partial charge in [0.1, 0.15) is 0 Å². The first kappa shape index (κ1) is 15.9. The van der Waals surface area contributed by atoms with Crippen LogP contribution in [0.15, 0.2) is 0 Å². The third-order valence-corrected chi connectivity index (χ3v) is 3.10. The van der Waals surface area contributed by atoms with Crippen molar-refractivity contribution in [2.24, 2.45) is 11.8 Å². The largest absolute Gasteiger partial charge is 0.312 e. The second kappa shape index (κ2) is 8.08. The SMILES string of the molecule is CC(C)CC(CC(C)C)NCC(C)N(C)C. The topological polar surface area (TPSA) is 15.3 Å². The third-order valence-electron chi connectivity index (χ3n) is 3.10. The fourth-order valence-electron chi connectivity index (χ4n) is 1.92. The van der Waals surface area contributed by atoms with E-state index in [1.807, 2.05) is 0 Å². The molecule has 0 bridgehead atoms. The molecule has 0 aliphatic heterocycles. The lowest BCUT2D eigenvalue weighted by atomic mass is 9.95. The van der Waals surface area contributed by atoms with E-state index in [1.165, 1.54) is 12.8 Å². The van der Waals surface area contributed by atoms with Crippen molar-refractivity contribution in [1.82, 2.24) is 10.2 Å². The molecule has 0 saturated carbocycles. The van der Waals surface area contributed by atoms with E-state index >= 15 is 0 Å². The van der Waals surface area contributed by atoms with Gasteiger partial charge in [0.25, 0.3) is 0 Å². The summed E-state index contributed by atoms with van der Waals surface area (Å²) in [6.07, 6.45) is 2.58. The summed E-state index contributed by atoms with van der Waals surface area (Å²) in [6, 6.07) is 1.30. The van der Waals surface area contributed by atoms with E-state index in [0.29, 0.717) is 12.1 Å². The average molecular weight is 228 g/mol. The molecule has 0 amide bonds. The molecule has 0 aromatic carbocycles. The smallest absolute Gasteiger partial charge is 0.0186 e. The van der Waals surface area contributed by atoms with Crippen molar-refractivity contribution < 1.29 is 0 Å². The Morgan fingerprint density at radius 1 is 0.875 bits per heavy atom. The summed E-state index contributed by atoms with van der Waals surface area (Å²) in [4.78, 5) is 2.27.